The van der Waals surface area contributed by atoms with E-state index in [2.05, 4.69) is 15.2 Å². The highest BCUT2D eigenvalue weighted by molar-refractivity contribution is 6.36. The number of amides is 2. The average molecular weight is 506 g/mol. The number of ether oxygens (including phenoxy) is 2. The second-order valence-electron chi connectivity index (χ2n) is 9.01. The predicted molar refractivity (Wildman–Crippen MR) is 137 cm³/mol. The standard InChI is InChI=1S/C27H24ClN3O5/c28-18-5-2-1-4-15(18)16-12-20-23(25-24(16)26(33)30-27(25)34)17-13-21(32)22(14-19(17)29-20)36-9-3-6-31-7-10-35-11-8-31/h1-2,4-5,12-14,29,32H,3,6-11H2,(H,30,33,34). The second-order valence-corrected chi connectivity index (χ2v) is 9.41. The van der Waals surface area contributed by atoms with Gasteiger partial charge in [0, 0.05) is 52.6 Å². The van der Waals surface area contributed by atoms with Gasteiger partial charge in [0.15, 0.2) is 11.5 Å². The fourth-order valence-corrected chi connectivity index (χ4v) is 5.32. The number of morpholine rings is 1. The Bertz CT molecular complexity index is 1520. The third-order valence-corrected chi connectivity index (χ3v) is 7.12. The molecule has 184 valence electrons. The van der Waals surface area contributed by atoms with Crippen molar-refractivity contribution in [1.29, 1.82) is 0 Å². The largest absolute Gasteiger partial charge is 0.504 e. The third-order valence-electron chi connectivity index (χ3n) is 6.79. The maximum atomic E-state index is 12.9. The van der Waals surface area contributed by atoms with Gasteiger partial charge < -0.3 is 19.6 Å². The van der Waals surface area contributed by atoms with Crippen LogP contribution in [0.3, 0.4) is 0 Å². The molecular formula is C27H24ClN3O5. The Morgan fingerprint density at radius 3 is 2.58 bits per heavy atom. The number of halogens is 1. The molecule has 0 unspecified atom stereocenters. The Labute approximate surface area is 211 Å². The number of hydrogen-bond donors (Lipinski definition) is 3. The monoisotopic (exact) mass is 505 g/mol. The number of carbonyl (C=O) groups is 2. The number of carbonyl (C=O) groups excluding carboxylic acids is 2. The van der Waals surface area contributed by atoms with Crippen LogP contribution in [0.5, 0.6) is 11.5 Å². The number of aromatic amines is 1. The smallest absolute Gasteiger partial charge is 0.259 e. The van der Waals surface area contributed by atoms with E-state index < -0.39 is 11.8 Å². The topological polar surface area (TPSA) is 104 Å². The van der Waals surface area contributed by atoms with Crippen LogP contribution in [0.15, 0.2) is 42.5 Å². The first kappa shape index (κ1) is 22.8. The highest BCUT2D eigenvalue weighted by Gasteiger charge is 2.34. The molecule has 9 heteroatoms. The highest BCUT2D eigenvalue weighted by Crippen LogP contribution is 2.42. The van der Waals surface area contributed by atoms with Crippen LogP contribution in [0.25, 0.3) is 32.9 Å². The number of nitrogens with one attached hydrogen (secondary N) is 2. The average Bonchev–Trinajstić information content (AvgIpc) is 3.37. The molecule has 1 fully saturated rings. The van der Waals surface area contributed by atoms with Gasteiger partial charge in [-0.05, 0) is 30.2 Å². The molecule has 3 heterocycles. The van der Waals surface area contributed by atoms with E-state index in [1.54, 1.807) is 18.2 Å². The van der Waals surface area contributed by atoms with Crippen molar-refractivity contribution in [3.05, 3.63) is 58.6 Å². The number of fused-ring (bicyclic) bond motifs is 5. The molecule has 2 amide bonds. The zero-order valence-electron chi connectivity index (χ0n) is 19.4. The number of aromatic hydroxyl groups is 1. The molecule has 3 aromatic carbocycles. The van der Waals surface area contributed by atoms with Crippen molar-refractivity contribution in [3.8, 4) is 22.6 Å². The summed E-state index contributed by atoms with van der Waals surface area (Å²) in [5.74, 6) is -0.605. The summed E-state index contributed by atoms with van der Waals surface area (Å²) >= 11 is 6.44. The lowest BCUT2D eigenvalue weighted by atomic mass is 9.93. The molecule has 3 N–H and O–H groups in total. The lowest BCUT2D eigenvalue weighted by Crippen LogP contribution is -2.37. The number of imide groups is 1. The first-order valence-electron chi connectivity index (χ1n) is 11.9. The summed E-state index contributed by atoms with van der Waals surface area (Å²) in [6.45, 7) is 4.71. The zero-order valence-corrected chi connectivity index (χ0v) is 20.2. The van der Waals surface area contributed by atoms with Crippen LogP contribution < -0.4 is 10.1 Å². The SMILES string of the molecule is O=C1NC(=O)c2c1c(-c1ccccc1Cl)cc1[nH]c3cc(OCCCN4CCOCC4)c(O)cc3c21. The molecule has 0 aliphatic carbocycles. The van der Waals surface area contributed by atoms with E-state index in [1.807, 2.05) is 24.3 Å². The first-order chi connectivity index (χ1) is 17.5. The quantitative estimate of drug-likeness (QED) is 0.266. The molecule has 4 aromatic rings. The van der Waals surface area contributed by atoms with E-state index in [4.69, 9.17) is 21.1 Å². The Morgan fingerprint density at radius 1 is 1.00 bits per heavy atom. The first-order valence-corrected chi connectivity index (χ1v) is 12.3. The molecule has 0 bridgehead atoms. The van der Waals surface area contributed by atoms with Crippen molar-refractivity contribution >= 4 is 45.2 Å². The van der Waals surface area contributed by atoms with Crippen molar-refractivity contribution in [1.82, 2.24) is 15.2 Å². The fraction of sp³-hybridized carbons (Fsp3) is 0.259. The maximum absolute atomic E-state index is 12.9. The minimum atomic E-state index is -0.474. The van der Waals surface area contributed by atoms with Crippen LogP contribution >= 0.6 is 11.6 Å². The molecule has 1 saturated heterocycles. The van der Waals surface area contributed by atoms with Gasteiger partial charge in [0.1, 0.15) is 0 Å². The van der Waals surface area contributed by atoms with Crippen LogP contribution in [0, 0.1) is 0 Å². The summed E-state index contributed by atoms with van der Waals surface area (Å²) < 4.78 is 11.3. The van der Waals surface area contributed by atoms with Gasteiger partial charge in [-0.15, -0.1) is 0 Å². The molecule has 0 saturated carbocycles. The van der Waals surface area contributed by atoms with E-state index in [0.29, 0.717) is 50.3 Å². The zero-order chi connectivity index (χ0) is 24.8. The van der Waals surface area contributed by atoms with Crippen molar-refractivity contribution < 1.29 is 24.2 Å². The number of rotatable bonds is 6. The summed E-state index contributed by atoms with van der Waals surface area (Å²) in [6, 6.07) is 12.3. The fourth-order valence-electron chi connectivity index (χ4n) is 5.08. The molecule has 2 aliphatic rings. The molecule has 2 aliphatic heterocycles. The lowest BCUT2D eigenvalue weighted by molar-refractivity contribution is 0.0357. The van der Waals surface area contributed by atoms with Crippen molar-refractivity contribution in [3.63, 3.8) is 0 Å². The summed E-state index contributed by atoms with van der Waals surface area (Å²) in [5, 5.41) is 14.8. The summed E-state index contributed by atoms with van der Waals surface area (Å²) in [5.41, 5.74) is 3.14. The second kappa shape index (κ2) is 9.13. The summed E-state index contributed by atoms with van der Waals surface area (Å²) in [6.07, 6.45) is 0.821. The minimum absolute atomic E-state index is 0.0246. The number of benzene rings is 3. The molecule has 0 atom stereocenters. The van der Waals surface area contributed by atoms with Crippen LogP contribution in [0.2, 0.25) is 5.02 Å². The van der Waals surface area contributed by atoms with Gasteiger partial charge in [0.05, 0.1) is 36.5 Å². The normalized spacial score (nSPS) is 16.0. The van der Waals surface area contributed by atoms with E-state index in [1.165, 1.54) is 0 Å². The van der Waals surface area contributed by atoms with Gasteiger partial charge in [0.25, 0.3) is 11.8 Å². The van der Waals surface area contributed by atoms with Crippen LogP contribution in [-0.4, -0.2) is 66.3 Å². The van der Waals surface area contributed by atoms with Gasteiger partial charge in [0.2, 0.25) is 0 Å². The summed E-state index contributed by atoms with van der Waals surface area (Å²) in [7, 11) is 0. The Kier molecular flexibility index (Phi) is 5.79. The molecule has 0 radical (unpaired) electrons. The highest BCUT2D eigenvalue weighted by atomic mass is 35.5. The number of H-pyrrole nitrogens is 1. The molecule has 0 spiro atoms. The molecule has 1 aromatic heterocycles. The van der Waals surface area contributed by atoms with Crippen LogP contribution in [0.1, 0.15) is 27.1 Å². The number of phenolic OH excluding ortho intramolecular Hbond substituents is 1. The molecule has 8 nitrogen and oxygen atoms in total. The van der Waals surface area contributed by atoms with Gasteiger partial charge >= 0.3 is 0 Å². The van der Waals surface area contributed by atoms with E-state index in [0.717, 1.165) is 39.3 Å². The maximum Gasteiger partial charge on any atom is 0.259 e. The van der Waals surface area contributed by atoms with Crippen molar-refractivity contribution in [2.75, 3.05) is 39.5 Å². The van der Waals surface area contributed by atoms with Gasteiger partial charge in [-0.2, -0.15) is 0 Å². The Balaban J connectivity index is 1.38. The minimum Gasteiger partial charge on any atom is -0.504 e. The van der Waals surface area contributed by atoms with Gasteiger partial charge in [-0.3, -0.25) is 19.8 Å². The predicted octanol–water partition coefficient (Wildman–Crippen LogP) is 4.33. The van der Waals surface area contributed by atoms with Crippen LogP contribution in [0.4, 0.5) is 0 Å². The van der Waals surface area contributed by atoms with Gasteiger partial charge in [-0.1, -0.05) is 29.8 Å². The third kappa shape index (κ3) is 3.87. The Morgan fingerprint density at radius 2 is 1.78 bits per heavy atom. The van der Waals surface area contributed by atoms with E-state index in [-0.39, 0.29) is 16.9 Å². The number of phenols is 1. The molecule has 6 rings (SSSR count). The molecule has 36 heavy (non-hydrogen) atoms. The van der Waals surface area contributed by atoms with Crippen LogP contribution in [-0.2, 0) is 4.74 Å². The van der Waals surface area contributed by atoms with Crippen molar-refractivity contribution in [2.45, 2.75) is 6.42 Å². The van der Waals surface area contributed by atoms with Gasteiger partial charge in [-0.25, -0.2) is 0 Å². The Hall–Kier alpha value is -3.59. The molecular weight excluding hydrogens is 482 g/mol. The van der Waals surface area contributed by atoms with E-state index >= 15 is 0 Å². The number of hydrogen-bond acceptors (Lipinski definition) is 6. The lowest BCUT2D eigenvalue weighted by Gasteiger charge is -2.26. The number of aromatic nitrogens is 1. The summed E-state index contributed by atoms with van der Waals surface area (Å²) in [4.78, 5) is 31.3. The van der Waals surface area contributed by atoms with E-state index in [9.17, 15) is 14.7 Å². The number of nitrogens with zero attached hydrogens (tertiary/aromatic N) is 1. The van der Waals surface area contributed by atoms with Crippen molar-refractivity contribution in [2.24, 2.45) is 0 Å².